The Kier molecular flexibility index (Phi) is 11.3. The van der Waals surface area contributed by atoms with Crippen LogP contribution in [0.25, 0.3) is 0 Å². The Labute approximate surface area is 252 Å². The predicted octanol–water partition coefficient (Wildman–Crippen LogP) is 7.58. The van der Waals surface area contributed by atoms with E-state index in [1.165, 1.54) is 11.8 Å². The number of halogens is 3. The molecule has 0 aliphatic carbocycles. The number of thioether (sulfide) groups is 1. The van der Waals surface area contributed by atoms with Gasteiger partial charge in [0.2, 0.25) is 5.91 Å². The maximum absolute atomic E-state index is 13.1. The monoisotopic (exact) mass is 687 g/mol. The Bertz CT molecular complexity index is 1300. The van der Waals surface area contributed by atoms with Gasteiger partial charge in [0.25, 0.3) is 5.91 Å². The van der Waals surface area contributed by atoms with Gasteiger partial charge < -0.3 is 15.2 Å². The van der Waals surface area contributed by atoms with Crippen LogP contribution in [-0.4, -0.2) is 32.3 Å². The van der Waals surface area contributed by atoms with Crippen LogP contribution in [0.4, 0.5) is 5.69 Å². The second kappa shape index (κ2) is 14.0. The molecule has 0 saturated carbocycles. The van der Waals surface area contributed by atoms with Crippen molar-refractivity contribution in [3.63, 3.8) is 0 Å². The molecule has 1 aromatic heterocycles. The molecule has 7 nitrogen and oxygen atoms in total. The molecule has 0 aliphatic rings. The van der Waals surface area contributed by atoms with Crippen molar-refractivity contribution >= 4 is 75.1 Å². The SMILES string of the molecule is CCn1c(SCC(=O)Nc2ccc(I)cc2C(C)C)nnc1[C@H](CC(C)C)NC(=O)c1ccc(Cl)cc1Cl. The Morgan fingerprint density at radius 2 is 1.82 bits per heavy atom. The summed E-state index contributed by atoms with van der Waals surface area (Å²) in [6, 6.07) is 10.4. The number of carbonyl (C=O) groups is 2. The molecule has 0 unspecified atom stereocenters. The molecule has 2 N–H and O–H groups in total. The fourth-order valence-electron chi connectivity index (χ4n) is 4.01. The van der Waals surface area contributed by atoms with E-state index >= 15 is 0 Å². The molecule has 0 spiro atoms. The first kappa shape index (κ1) is 30.7. The van der Waals surface area contributed by atoms with E-state index in [2.05, 4.69) is 77.2 Å². The summed E-state index contributed by atoms with van der Waals surface area (Å²) in [5.74, 6) is 0.971. The molecule has 0 fully saturated rings. The van der Waals surface area contributed by atoms with Gasteiger partial charge in [0.1, 0.15) is 0 Å². The van der Waals surface area contributed by atoms with Gasteiger partial charge in [-0.3, -0.25) is 9.59 Å². The lowest BCUT2D eigenvalue weighted by atomic mass is 10.0. The maximum Gasteiger partial charge on any atom is 0.253 e. The number of benzene rings is 2. The van der Waals surface area contributed by atoms with E-state index in [-0.39, 0.29) is 40.5 Å². The summed E-state index contributed by atoms with van der Waals surface area (Å²) >= 11 is 15.9. The summed E-state index contributed by atoms with van der Waals surface area (Å²) in [5, 5.41) is 16.3. The van der Waals surface area contributed by atoms with Gasteiger partial charge in [-0.25, -0.2) is 0 Å². The lowest BCUT2D eigenvalue weighted by Crippen LogP contribution is -2.32. The highest BCUT2D eigenvalue weighted by molar-refractivity contribution is 14.1. The van der Waals surface area contributed by atoms with Crippen molar-refractivity contribution in [3.05, 3.63) is 67.0 Å². The van der Waals surface area contributed by atoms with Crippen LogP contribution >= 0.6 is 57.6 Å². The number of hydrogen-bond acceptors (Lipinski definition) is 5. The largest absolute Gasteiger partial charge is 0.342 e. The van der Waals surface area contributed by atoms with Crippen molar-refractivity contribution in [2.75, 3.05) is 11.1 Å². The van der Waals surface area contributed by atoms with Crippen molar-refractivity contribution < 1.29 is 9.59 Å². The summed E-state index contributed by atoms with van der Waals surface area (Å²) in [6.07, 6.45) is 0.658. The van der Waals surface area contributed by atoms with E-state index in [4.69, 9.17) is 23.2 Å². The zero-order chi connectivity index (χ0) is 28.0. The minimum absolute atomic E-state index is 0.116. The Hall–Kier alpha value is -1.82. The number of nitrogens with zero attached hydrogens (tertiary/aromatic N) is 3. The number of amides is 2. The standard InChI is InChI=1S/C27H32Cl2IN5O2S/c1-6-35-25(23(11-15(2)3)32-26(37)19-9-7-17(28)12-21(19)29)33-34-27(35)38-14-24(36)31-22-10-8-18(30)13-20(22)16(4)5/h7-10,12-13,15-16,23H,6,11,14H2,1-5H3,(H,31,36)(H,32,37)/t23-/m0/s1. The Morgan fingerprint density at radius 1 is 1.08 bits per heavy atom. The van der Waals surface area contributed by atoms with Crippen molar-refractivity contribution in [2.24, 2.45) is 5.92 Å². The fourth-order valence-corrected chi connectivity index (χ4v) is 5.83. The third kappa shape index (κ3) is 8.09. The second-order valence-corrected chi connectivity index (χ2v) is 12.6. The van der Waals surface area contributed by atoms with E-state index in [9.17, 15) is 9.59 Å². The zero-order valence-corrected chi connectivity index (χ0v) is 26.5. The molecule has 11 heteroatoms. The molecule has 1 atom stereocenters. The second-order valence-electron chi connectivity index (χ2n) is 9.59. The maximum atomic E-state index is 13.1. The van der Waals surface area contributed by atoms with Crippen LogP contribution < -0.4 is 10.6 Å². The van der Waals surface area contributed by atoms with Gasteiger partial charge >= 0.3 is 0 Å². The zero-order valence-electron chi connectivity index (χ0n) is 22.0. The number of nitrogens with one attached hydrogen (secondary N) is 2. The number of rotatable bonds is 11. The molecular formula is C27H32Cl2IN5O2S. The first-order valence-corrected chi connectivity index (χ1v) is 15.2. The van der Waals surface area contributed by atoms with E-state index in [0.29, 0.717) is 34.5 Å². The lowest BCUT2D eigenvalue weighted by molar-refractivity contribution is -0.113. The third-order valence-electron chi connectivity index (χ3n) is 5.80. The molecule has 0 aliphatic heterocycles. The van der Waals surface area contributed by atoms with E-state index in [1.54, 1.807) is 18.2 Å². The van der Waals surface area contributed by atoms with Gasteiger partial charge in [0.15, 0.2) is 11.0 Å². The minimum Gasteiger partial charge on any atom is -0.342 e. The summed E-state index contributed by atoms with van der Waals surface area (Å²) in [7, 11) is 0. The van der Waals surface area contributed by atoms with Gasteiger partial charge in [-0.05, 0) is 89.7 Å². The molecule has 0 bridgehead atoms. The first-order valence-electron chi connectivity index (χ1n) is 12.4. The average Bonchev–Trinajstić information content (AvgIpc) is 3.25. The molecule has 1 heterocycles. The third-order valence-corrected chi connectivity index (χ3v) is 7.99. The van der Waals surface area contributed by atoms with Crippen molar-refractivity contribution in [2.45, 2.75) is 64.7 Å². The van der Waals surface area contributed by atoms with Crippen LogP contribution in [0.15, 0.2) is 41.6 Å². The van der Waals surface area contributed by atoms with Crippen LogP contribution in [0, 0.1) is 9.49 Å². The van der Waals surface area contributed by atoms with E-state index < -0.39 is 0 Å². The first-order chi connectivity index (χ1) is 18.0. The summed E-state index contributed by atoms with van der Waals surface area (Å²) in [4.78, 5) is 25.9. The van der Waals surface area contributed by atoms with Crippen LogP contribution in [0.3, 0.4) is 0 Å². The number of anilines is 1. The number of aromatic nitrogens is 3. The average molecular weight is 688 g/mol. The molecule has 2 aromatic carbocycles. The fraction of sp³-hybridized carbons (Fsp3) is 0.407. The van der Waals surface area contributed by atoms with Gasteiger partial charge in [-0.1, -0.05) is 62.7 Å². The Balaban J connectivity index is 1.76. The van der Waals surface area contributed by atoms with E-state index in [0.717, 1.165) is 14.8 Å². The molecule has 204 valence electrons. The summed E-state index contributed by atoms with van der Waals surface area (Å²) in [5.41, 5.74) is 2.27. The Morgan fingerprint density at radius 3 is 2.45 bits per heavy atom. The molecule has 38 heavy (non-hydrogen) atoms. The molecular weight excluding hydrogens is 656 g/mol. The van der Waals surface area contributed by atoms with Gasteiger partial charge in [-0.15, -0.1) is 10.2 Å². The predicted molar refractivity (Wildman–Crippen MR) is 164 cm³/mol. The quantitative estimate of drug-likeness (QED) is 0.160. The summed E-state index contributed by atoms with van der Waals surface area (Å²) in [6.45, 7) is 11.0. The van der Waals surface area contributed by atoms with Crippen molar-refractivity contribution in [1.29, 1.82) is 0 Å². The molecule has 3 aromatic rings. The smallest absolute Gasteiger partial charge is 0.253 e. The number of carbonyl (C=O) groups excluding carboxylic acids is 2. The summed E-state index contributed by atoms with van der Waals surface area (Å²) < 4.78 is 3.07. The normalized spacial score (nSPS) is 12.2. The topological polar surface area (TPSA) is 88.9 Å². The van der Waals surface area contributed by atoms with Gasteiger partial charge in [0, 0.05) is 20.8 Å². The van der Waals surface area contributed by atoms with Crippen molar-refractivity contribution in [1.82, 2.24) is 20.1 Å². The van der Waals surface area contributed by atoms with Gasteiger partial charge in [-0.2, -0.15) is 0 Å². The van der Waals surface area contributed by atoms with Gasteiger partial charge in [0.05, 0.1) is 22.4 Å². The minimum atomic E-state index is -0.384. The molecule has 2 amide bonds. The highest BCUT2D eigenvalue weighted by atomic mass is 127. The van der Waals surface area contributed by atoms with Crippen LogP contribution in [0.2, 0.25) is 10.0 Å². The molecule has 0 radical (unpaired) electrons. The van der Waals surface area contributed by atoms with Crippen LogP contribution in [-0.2, 0) is 11.3 Å². The number of hydrogen-bond donors (Lipinski definition) is 2. The highest BCUT2D eigenvalue weighted by Crippen LogP contribution is 2.29. The van der Waals surface area contributed by atoms with Crippen LogP contribution in [0.5, 0.6) is 0 Å². The molecule has 0 saturated heterocycles. The van der Waals surface area contributed by atoms with E-state index in [1.807, 2.05) is 23.6 Å². The molecule has 3 rings (SSSR count). The lowest BCUT2D eigenvalue weighted by Gasteiger charge is -2.21. The van der Waals surface area contributed by atoms with Crippen LogP contribution in [0.1, 0.15) is 74.7 Å². The highest BCUT2D eigenvalue weighted by Gasteiger charge is 2.25. The van der Waals surface area contributed by atoms with Crippen molar-refractivity contribution in [3.8, 4) is 0 Å².